The van der Waals surface area contributed by atoms with Crippen LogP contribution in [0.4, 0.5) is 5.69 Å². The third-order valence-corrected chi connectivity index (χ3v) is 6.78. The number of hydrogen-bond donors (Lipinski definition) is 1. The molecule has 7 heteroatoms. The predicted octanol–water partition coefficient (Wildman–Crippen LogP) is 3.19. The number of hydrogen-bond acceptors (Lipinski definition) is 4. The minimum Gasteiger partial charge on any atom is -0.374 e. The number of nitrogens with one attached hydrogen (secondary N) is 1. The van der Waals surface area contributed by atoms with Crippen LogP contribution in [-0.2, 0) is 14.8 Å². The zero-order valence-electron chi connectivity index (χ0n) is 15.8. The van der Waals surface area contributed by atoms with E-state index in [1.807, 2.05) is 17.9 Å². The van der Waals surface area contributed by atoms with Crippen LogP contribution in [0.15, 0.2) is 53.4 Å². The van der Waals surface area contributed by atoms with Gasteiger partial charge in [0.15, 0.2) is 0 Å². The molecule has 2 aromatic rings. The fraction of sp³-hybridized carbons (Fsp3) is 0.381. The van der Waals surface area contributed by atoms with Crippen LogP contribution in [0.2, 0.25) is 0 Å². The van der Waals surface area contributed by atoms with E-state index in [0.717, 1.165) is 24.8 Å². The lowest BCUT2D eigenvalue weighted by Crippen LogP contribution is -2.51. The van der Waals surface area contributed by atoms with E-state index in [2.05, 4.69) is 4.72 Å². The van der Waals surface area contributed by atoms with Gasteiger partial charge in [-0.05, 0) is 62.1 Å². The molecule has 0 radical (unpaired) electrons. The van der Waals surface area contributed by atoms with Gasteiger partial charge in [0.1, 0.15) is 0 Å². The third kappa shape index (κ3) is 3.77. The number of aryl methyl sites for hydroxylation is 1. The van der Waals surface area contributed by atoms with Crippen molar-refractivity contribution >= 4 is 21.6 Å². The molecule has 1 aliphatic carbocycles. The smallest absolute Gasteiger partial charge is 0.261 e. The molecule has 0 bridgehead atoms. The van der Waals surface area contributed by atoms with Crippen LogP contribution < -0.4 is 4.72 Å². The number of ether oxygens (including phenoxy) is 1. The molecule has 0 spiro atoms. The van der Waals surface area contributed by atoms with Crippen molar-refractivity contribution in [2.75, 3.05) is 17.9 Å². The van der Waals surface area contributed by atoms with Crippen LogP contribution in [0, 0.1) is 6.92 Å². The van der Waals surface area contributed by atoms with E-state index in [1.165, 1.54) is 12.1 Å². The van der Waals surface area contributed by atoms with Crippen LogP contribution in [0.1, 0.15) is 35.2 Å². The first-order chi connectivity index (χ1) is 13.4. The van der Waals surface area contributed by atoms with Crippen molar-refractivity contribution in [3.8, 4) is 0 Å². The molecule has 1 saturated carbocycles. The van der Waals surface area contributed by atoms with Crippen LogP contribution in [0.25, 0.3) is 0 Å². The van der Waals surface area contributed by atoms with E-state index in [-0.39, 0.29) is 22.9 Å². The quantitative estimate of drug-likeness (QED) is 0.855. The summed E-state index contributed by atoms with van der Waals surface area (Å²) in [5.74, 6) is -0.132. The molecule has 2 fully saturated rings. The molecule has 28 heavy (non-hydrogen) atoms. The molecule has 0 aromatic heterocycles. The van der Waals surface area contributed by atoms with Crippen molar-refractivity contribution in [2.45, 2.75) is 43.2 Å². The lowest BCUT2D eigenvalue weighted by molar-refractivity contribution is -0.0445. The molecule has 2 aromatic carbocycles. The van der Waals surface area contributed by atoms with E-state index in [0.29, 0.717) is 24.4 Å². The number of sulfonamides is 1. The summed E-state index contributed by atoms with van der Waals surface area (Å²) in [4.78, 5) is 15.0. The zero-order valence-corrected chi connectivity index (χ0v) is 16.6. The van der Waals surface area contributed by atoms with E-state index >= 15 is 0 Å². The standard InChI is InChI=1S/C21H24N2O4S/c1-15-5-2-7-17(13-15)22-28(25,26)18-8-3-6-16(14-18)21(24)23-11-12-27-20-10-4-9-19(20)23/h2-3,5-8,13-14,19-20,22H,4,9-12H2,1H3/t19-,20-/m0/s1. The van der Waals surface area contributed by atoms with Gasteiger partial charge in [0.2, 0.25) is 0 Å². The highest BCUT2D eigenvalue weighted by Gasteiger charge is 2.38. The number of anilines is 1. The summed E-state index contributed by atoms with van der Waals surface area (Å²) in [6.07, 6.45) is 3.06. The Balaban J connectivity index is 1.57. The van der Waals surface area contributed by atoms with Gasteiger partial charge in [-0.15, -0.1) is 0 Å². The van der Waals surface area contributed by atoms with Gasteiger partial charge in [-0.2, -0.15) is 0 Å². The van der Waals surface area contributed by atoms with E-state index < -0.39 is 10.0 Å². The second kappa shape index (κ2) is 7.56. The molecule has 148 valence electrons. The van der Waals surface area contributed by atoms with Gasteiger partial charge < -0.3 is 9.64 Å². The van der Waals surface area contributed by atoms with Gasteiger partial charge >= 0.3 is 0 Å². The Morgan fingerprint density at radius 2 is 1.96 bits per heavy atom. The van der Waals surface area contributed by atoms with Crippen LogP contribution in [-0.4, -0.2) is 44.5 Å². The number of benzene rings is 2. The number of fused-ring (bicyclic) bond motifs is 1. The van der Waals surface area contributed by atoms with Gasteiger partial charge in [-0.1, -0.05) is 18.2 Å². The number of morpholine rings is 1. The fourth-order valence-corrected chi connectivity index (χ4v) is 5.16. The van der Waals surface area contributed by atoms with E-state index in [9.17, 15) is 13.2 Å². The molecule has 6 nitrogen and oxygen atoms in total. The number of rotatable bonds is 4. The molecule has 0 unspecified atom stereocenters. The number of carbonyl (C=O) groups is 1. The number of carbonyl (C=O) groups excluding carboxylic acids is 1. The van der Waals surface area contributed by atoms with Gasteiger partial charge in [-0.3, -0.25) is 9.52 Å². The lowest BCUT2D eigenvalue weighted by Gasteiger charge is -2.37. The average molecular weight is 401 g/mol. The molecule has 1 aliphatic heterocycles. The molecule has 1 amide bonds. The Kier molecular flexibility index (Phi) is 5.12. The highest BCUT2D eigenvalue weighted by Crippen LogP contribution is 2.31. The molecule has 1 saturated heterocycles. The van der Waals surface area contributed by atoms with Crippen LogP contribution in [0.5, 0.6) is 0 Å². The Bertz CT molecular complexity index is 989. The number of nitrogens with zero attached hydrogens (tertiary/aromatic N) is 1. The van der Waals surface area contributed by atoms with Gasteiger partial charge in [-0.25, -0.2) is 8.42 Å². The topological polar surface area (TPSA) is 75.7 Å². The Labute approximate surface area is 165 Å². The first kappa shape index (κ1) is 19.0. The molecule has 4 rings (SSSR count). The lowest BCUT2D eigenvalue weighted by atomic mass is 10.1. The van der Waals surface area contributed by atoms with Crippen molar-refractivity contribution in [1.29, 1.82) is 0 Å². The van der Waals surface area contributed by atoms with Gasteiger partial charge in [0.25, 0.3) is 15.9 Å². The molecular weight excluding hydrogens is 376 g/mol. The first-order valence-corrected chi connectivity index (χ1v) is 11.0. The van der Waals surface area contributed by atoms with E-state index in [4.69, 9.17) is 4.74 Å². The largest absolute Gasteiger partial charge is 0.374 e. The third-order valence-electron chi connectivity index (χ3n) is 5.40. The van der Waals surface area contributed by atoms with Crippen LogP contribution >= 0.6 is 0 Å². The summed E-state index contributed by atoms with van der Waals surface area (Å²) in [5, 5.41) is 0. The Morgan fingerprint density at radius 1 is 1.14 bits per heavy atom. The first-order valence-electron chi connectivity index (χ1n) is 9.56. The number of amides is 1. The van der Waals surface area contributed by atoms with Crippen molar-refractivity contribution in [3.63, 3.8) is 0 Å². The highest BCUT2D eigenvalue weighted by molar-refractivity contribution is 7.92. The van der Waals surface area contributed by atoms with Gasteiger partial charge in [0.05, 0.1) is 23.6 Å². The predicted molar refractivity (Wildman–Crippen MR) is 107 cm³/mol. The Hall–Kier alpha value is -2.38. The molecule has 2 atom stereocenters. The van der Waals surface area contributed by atoms with Crippen molar-refractivity contribution in [3.05, 3.63) is 59.7 Å². The fourth-order valence-electron chi connectivity index (χ4n) is 4.06. The molecule has 2 aliphatic rings. The zero-order chi connectivity index (χ0) is 19.7. The van der Waals surface area contributed by atoms with E-state index in [1.54, 1.807) is 30.3 Å². The maximum atomic E-state index is 13.1. The van der Waals surface area contributed by atoms with Crippen molar-refractivity contribution in [1.82, 2.24) is 4.90 Å². The molecule has 1 heterocycles. The Morgan fingerprint density at radius 3 is 2.79 bits per heavy atom. The summed E-state index contributed by atoms with van der Waals surface area (Å²) in [6.45, 7) is 2.97. The summed E-state index contributed by atoms with van der Waals surface area (Å²) in [5.41, 5.74) is 1.85. The monoisotopic (exact) mass is 400 g/mol. The molecule has 1 N–H and O–H groups in total. The minimum atomic E-state index is -3.78. The molecular formula is C21H24N2O4S. The second-order valence-electron chi connectivity index (χ2n) is 7.41. The summed E-state index contributed by atoms with van der Waals surface area (Å²) in [7, 11) is -3.78. The minimum absolute atomic E-state index is 0.0797. The maximum Gasteiger partial charge on any atom is 0.261 e. The van der Waals surface area contributed by atoms with Crippen LogP contribution in [0.3, 0.4) is 0 Å². The van der Waals surface area contributed by atoms with Crippen molar-refractivity contribution < 1.29 is 17.9 Å². The average Bonchev–Trinajstić information content (AvgIpc) is 3.16. The normalized spacial score (nSPS) is 22.0. The summed E-state index contributed by atoms with van der Waals surface area (Å²) in [6, 6.07) is 13.5. The summed E-state index contributed by atoms with van der Waals surface area (Å²) < 4.78 is 33.9. The van der Waals surface area contributed by atoms with Crippen molar-refractivity contribution in [2.24, 2.45) is 0 Å². The van der Waals surface area contributed by atoms with Gasteiger partial charge in [0, 0.05) is 17.8 Å². The second-order valence-corrected chi connectivity index (χ2v) is 9.09. The SMILES string of the molecule is Cc1cccc(NS(=O)(=O)c2cccc(C(=O)N3CCO[C@H]4CCC[C@@H]43)c2)c1. The summed E-state index contributed by atoms with van der Waals surface area (Å²) >= 11 is 0. The maximum absolute atomic E-state index is 13.1. The highest BCUT2D eigenvalue weighted by atomic mass is 32.2.